The molecule has 1 aliphatic carbocycles. The Morgan fingerprint density at radius 2 is 1.76 bits per heavy atom. The summed E-state index contributed by atoms with van der Waals surface area (Å²) in [5.41, 5.74) is 1.54. The molecule has 0 radical (unpaired) electrons. The molecular weight excluding hydrogens is 320 g/mol. The zero-order chi connectivity index (χ0) is 17.8. The van der Waals surface area contributed by atoms with E-state index in [4.69, 9.17) is 9.47 Å². The Balaban J connectivity index is 1.77. The summed E-state index contributed by atoms with van der Waals surface area (Å²) in [4.78, 5) is 14.4. The van der Waals surface area contributed by atoms with Gasteiger partial charge in [-0.05, 0) is 25.0 Å². The predicted molar refractivity (Wildman–Crippen MR) is 94.9 cm³/mol. The normalized spacial score (nSPS) is 21.2. The molecule has 2 N–H and O–H groups in total. The van der Waals surface area contributed by atoms with E-state index in [1.54, 1.807) is 25.2 Å². The molecule has 0 unspecified atom stereocenters. The second-order valence-electron chi connectivity index (χ2n) is 6.90. The van der Waals surface area contributed by atoms with Gasteiger partial charge in [0, 0.05) is 17.2 Å². The van der Waals surface area contributed by atoms with Crippen molar-refractivity contribution in [3.05, 3.63) is 23.3 Å². The van der Waals surface area contributed by atoms with E-state index >= 15 is 0 Å². The highest BCUT2D eigenvalue weighted by atomic mass is 16.5. The number of carbonyl (C=O) groups excluding carboxylic acids is 1. The average molecular weight is 348 g/mol. The highest BCUT2D eigenvalue weighted by Crippen LogP contribution is 2.39. The maximum atomic E-state index is 12.7. The molecule has 0 spiro atoms. The Morgan fingerprint density at radius 3 is 2.40 bits per heavy atom. The standard InChI is InChI=1S/C19H28N2O4/c1-24-16-9-10-17(25-2)18-14(16)11-21(12-15(18)22)19(23)20-13-7-5-3-4-6-8-13/h9-10,13,15,22H,3-8,11-12H2,1-2H3,(H,20,23)/t15-/m1/s1. The summed E-state index contributed by atoms with van der Waals surface area (Å²) < 4.78 is 10.8. The zero-order valence-corrected chi connectivity index (χ0v) is 15.1. The lowest BCUT2D eigenvalue weighted by molar-refractivity contribution is 0.0991. The van der Waals surface area contributed by atoms with Crippen LogP contribution in [0.4, 0.5) is 4.79 Å². The summed E-state index contributed by atoms with van der Waals surface area (Å²) in [6.45, 7) is 0.667. The molecule has 25 heavy (non-hydrogen) atoms. The molecule has 1 atom stereocenters. The Bertz CT molecular complexity index is 612. The molecular formula is C19H28N2O4. The van der Waals surface area contributed by atoms with Crippen LogP contribution in [-0.2, 0) is 6.54 Å². The van der Waals surface area contributed by atoms with Crippen LogP contribution in [0.3, 0.4) is 0 Å². The van der Waals surface area contributed by atoms with Crippen LogP contribution in [0, 0.1) is 0 Å². The number of benzene rings is 1. The Morgan fingerprint density at radius 1 is 1.12 bits per heavy atom. The SMILES string of the molecule is COc1ccc(OC)c2c1CN(C(=O)NC1CCCCCC1)C[C@H]2O. The minimum absolute atomic E-state index is 0.110. The summed E-state index contributed by atoms with van der Waals surface area (Å²) in [6.07, 6.45) is 6.13. The smallest absolute Gasteiger partial charge is 0.318 e. The van der Waals surface area contributed by atoms with Gasteiger partial charge >= 0.3 is 6.03 Å². The van der Waals surface area contributed by atoms with Crippen molar-refractivity contribution >= 4 is 6.03 Å². The van der Waals surface area contributed by atoms with E-state index in [-0.39, 0.29) is 18.6 Å². The monoisotopic (exact) mass is 348 g/mol. The summed E-state index contributed by atoms with van der Waals surface area (Å²) in [6, 6.07) is 3.74. The number of hydrogen-bond donors (Lipinski definition) is 2. The van der Waals surface area contributed by atoms with E-state index in [0.29, 0.717) is 18.0 Å². The molecule has 1 heterocycles. The quantitative estimate of drug-likeness (QED) is 0.824. The molecule has 6 nitrogen and oxygen atoms in total. The summed E-state index contributed by atoms with van der Waals surface area (Å²) >= 11 is 0. The fourth-order valence-electron chi connectivity index (χ4n) is 3.92. The van der Waals surface area contributed by atoms with Crippen molar-refractivity contribution in [1.29, 1.82) is 0 Å². The number of carbonyl (C=O) groups is 1. The highest BCUT2D eigenvalue weighted by Gasteiger charge is 2.32. The number of fused-ring (bicyclic) bond motifs is 1. The molecule has 2 amide bonds. The number of urea groups is 1. The zero-order valence-electron chi connectivity index (χ0n) is 15.1. The molecule has 2 aliphatic rings. The van der Waals surface area contributed by atoms with Gasteiger partial charge in [-0.1, -0.05) is 25.7 Å². The van der Waals surface area contributed by atoms with Gasteiger partial charge in [0.05, 0.1) is 27.3 Å². The van der Waals surface area contributed by atoms with Crippen LogP contribution in [0.15, 0.2) is 12.1 Å². The Kier molecular flexibility index (Phi) is 5.68. The third kappa shape index (κ3) is 3.84. The Hall–Kier alpha value is -1.95. The number of hydrogen-bond acceptors (Lipinski definition) is 4. The molecule has 1 aliphatic heterocycles. The average Bonchev–Trinajstić information content (AvgIpc) is 2.89. The maximum absolute atomic E-state index is 12.7. The van der Waals surface area contributed by atoms with E-state index in [0.717, 1.165) is 24.0 Å². The van der Waals surface area contributed by atoms with Gasteiger partial charge in [-0.15, -0.1) is 0 Å². The minimum Gasteiger partial charge on any atom is -0.496 e. The summed E-state index contributed by atoms with van der Waals surface area (Å²) in [5, 5.41) is 13.8. The number of aliphatic hydroxyl groups excluding tert-OH is 1. The highest BCUT2D eigenvalue weighted by molar-refractivity contribution is 5.75. The van der Waals surface area contributed by atoms with E-state index in [2.05, 4.69) is 5.32 Å². The van der Waals surface area contributed by atoms with E-state index in [1.807, 2.05) is 6.07 Å². The first-order valence-electron chi connectivity index (χ1n) is 9.11. The van der Waals surface area contributed by atoms with E-state index in [1.165, 1.54) is 25.7 Å². The molecule has 0 aromatic heterocycles. The number of methoxy groups -OCH3 is 2. The number of aliphatic hydroxyl groups is 1. The van der Waals surface area contributed by atoms with Gasteiger partial charge in [0.2, 0.25) is 0 Å². The van der Waals surface area contributed by atoms with Gasteiger partial charge in [-0.2, -0.15) is 0 Å². The first kappa shape index (κ1) is 17.9. The van der Waals surface area contributed by atoms with Crippen LogP contribution in [-0.4, -0.2) is 42.8 Å². The minimum atomic E-state index is -0.784. The molecule has 0 bridgehead atoms. The van der Waals surface area contributed by atoms with Crippen molar-refractivity contribution < 1.29 is 19.4 Å². The van der Waals surface area contributed by atoms with Gasteiger partial charge in [0.1, 0.15) is 17.6 Å². The number of nitrogens with zero attached hydrogens (tertiary/aromatic N) is 1. The van der Waals surface area contributed by atoms with Crippen molar-refractivity contribution in [1.82, 2.24) is 10.2 Å². The lowest BCUT2D eigenvalue weighted by Crippen LogP contribution is -2.47. The third-order valence-corrected chi connectivity index (χ3v) is 5.26. The van der Waals surface area contributed by atoms with Crippen LogP contribution >= 0.6 is 0 Å². The van der Waals surface area contributed by atoms with Crippen LogP contribution < -0.4 is 14.8 Å². The third-order valence-electron chi connectivity index (χ3n) is 5.26. The molecule has 0 saturated heterocycles. The molecule has 3 rings (SSSR count). The number of rotatable bonds is 3. The fraction of sp³-hybridized carbons (Fsp3) is 0.632. The molecule has 1 aromatic carbocycles. The van der Waals surface area contributed by atoms with Gasteiger partial charge < -0.3 is 24.8 Å². The van der Waals surface area contributed by atoms with Crippen molar-refractivity contribution in [2.75, 3.05) is 20.8 Å². The van der Waals surface area contributed by atoms with Crippen LogP contribution in [0.1, 0.15) is 55.8 Å². The first-order valence-corrected chi connectivity index (χ1v) is 9.11. The number of amides is 2. The van der Waals surface area contributed by atoms with E-state index < -0.39 is 6.10 Å². The molecule has 1 saturated carbocycles. The molecule has 138 valence electrons. The van der Waals surface area contributed by atoms with Crippen LogP contribution in [0.5, 0.6) is 11.5 Å². The molecule has 1 aromatic rings. The van der Waals surface area contributed by atoms with Crippen molar-refractivity contribution in [2.24, 2.45) is 0 Å². The van der Waals surface area contributed by atoms with Crippen molar-refractivity contribution in [3.63, 3.8) is 0 Å². The number of nitrogens with one attached hydrogen (secondary N) is 1. The number of ether oxygens (including phenoxy) is 2. The van der Waals surface area contributed by atoms with Crippen LogP contribution in [0.25, 0.3) is 0 Å². The Labute approximate surface area is 149 Å². The maximum Gasteiger partial charge on any atom is 0.318 e. The van der Waals surface area contributed by atoms with Crippen molar-refractivity contribution in [3.8, 4) is 11.5 Å². The van der Waals surface area contributed by atoms with Gasteiger partial charge in [-0.25, -0.2) is 4.79 Å². The summed E-state index contributed by atoms with van der Waals surface area (Å²) in [7, 11) is 3.18. The number of β-amino-alcohol motifs (C(OH)–C–C–N with tert-alkyl or cyclic N) is 1. The largest absolute Gasteiger partial charge is 0.496 e. The topological polar surface area (TPSA) is 71.0 Å². The lowest BCUT2D eigenvalue weighted by Gasteiger charge is -2.34. The second kappa shape index (κ2) is 7.95. The second-order valence-corrected chi connectivity index (χ2v) is 6.90. The van der Waals surface area contributed by atoms with Crippen LogP contribution in [0.2, 0.25) is 0 Å². The molecule has 1 fully saturated rings. The first-order chi connectivity index (χ1) is 12.1. The van der Waals surface area contributed by atoms with E-state index in [9.17, 15) is 9.90 Å². The molecule has 6 heteroatoms. The predicted octanol–water partition coefficient (Wildman–Crippen LogP) is 2.99. The van der Waals surface area contributed by atoms with Gasteiger partial charge in [-0.3, -0.25) is 0 Å². The fourth-order valence-corrected chi connectivity index (χ4v) is 3.92. The van der Waals surface area contributed by atoms with Gasteiger partial charge in [0.25, 0.3) is 0 Å². The van der Waals surface area contributed by atoms with Crippen molar-refractivity contribution in [2.45, 2.75) is 57.2 Å². The van der Waals surface area contributed by atoms with Gasteiger partial charge in [0.15, 0.2) is 0 Å². The lowest BCUT2D eigenvalue weighted by atomic mass is 9.95. The summed E-state index contributed by atoms with van der Waals surface area (Å²) in [5.74, 6) is 1.30.